The van der Waals surface area contributed by atoms with E-state index < -0.39 is 0 Å². The second kappa shape index (κ2) is 5.33. The molecule has 0 amide bonds. The third-order valence-electron chi connectivity index (χ3n) is 8.91. The Morgan fingerprint density at radius 2 is 1.78 bits per heavy atom. The molecule has 2 heteroatoms. The van der Waals surface area contributed by atoms with Crippen molar-refractivity contribution in [3.8, 4) is 0 Å². The van der Waals surface area contributed by atoms with Crippen LogP contribution in [0.15, 0.2) is 11.6 Å². The van der Waals surface area contributed by atoms with Crippen LogP contribution in [0.5, 0.6) is 0 Å². The molecule has 0 spiro atoms. The van der Waals surface area contributed by atoms with E-state index in [1.54, 1.807) is 5.57 Å². The molecule has 4 rings (SSSR count). The van der Waals surface area contributed by atoms with Gasteiger partial charge in [0.25, 0.3) is 0 Å². The van der Waals surface area contributed by atoms with Crippen molar-refractivity contribution in [1.82, 2.24) is 0 Å². The Morgan fingerprint density at radius 1 is 1.00 bits per heavy atom. The van der Waals surface area contributed by atoms with Gasteiger partial charge in [0.05, 0.1) is 12.2 Å². The summed E-state index contributed by atoms with van der Waals surface area (Å²) in [6, 6.07) is 0. The molecule has 0 saturated heterocycles. The Kier molecular flexibility index (Phi) is 3.74. The van der Waals surface area contributed by atoms with Gasteiger partial charge < -0.3 is 10.2 Å². The predicted molar refractivity (Wildman–Crippen MR) is 92.9 cm³/mol. The first-order valence-electron chi connectivity index (χ1n) is 9.94. The first-order chi connectivity index (χ1) is 10.9. The third-order valence-corrected chi connectivity index (χ3v) is 8.91. The molecule has 4 saturated carbocycles. The van der Waals surface area contributed by atoms with Crippen LogP contribution in [0.4, 0.5) is 0 Å². The fourth-order valence-corrected chi connectivity index (χ4v) is 7.66. The zero-order chi connectivity index (χ0) is 16.4. The van der Waals surface area contributed by atoms with E-state index in [0.717, 1.165) is 19.3 Å². The second-order valence-corrected chi connectivity index (χ2v) is 9.41. The van der Waals surface area contributed by atoms with Gasteiger partial charge in [0.1, 0.15) is 0 Å². The average Bonchev–Trinajstić information content (AvgIpc) is 2.83. The highest BCUT2D eigenvalue weighted by atomic mass is 16.3. The van der Waals surface area contributed by atoms with Crippen LogP contribution in [-0.4, -0.2) is 22.4 Å². The van der Waals surface area contributed by atoms with Crippen LogP contribution in [-0.2, 0) is 0 Å². The van der Waals surface area contributed by atoms with Crippen LogP contribution >= 0.6 is 0 Å². The standard InChI is InChI=1S/C21H34O2/c1-4-13-6-5-7-17-18(22)12-14-15-8-9-19(23)20(15,2)11-10-16(14)21(13,17)3/h4,14-19,22-23H,5-12H2,1-3H3/b13-4-/t14-,15-,16-,17+,18-,19-,20-,21+/m0/s1. The molecule has 0 aromatic carbocycles. The Balaban J connectivity index is 1.74. The van der Waals surface area contributed by atoms with E-state index in [0.29, 0.717) is 23.7 Å². The summed E-state index contributed by atoms with van der Waals surface area (Å²) in [5, 5.41) is 21.6. The third kappa shape index (κ3) is 2.00. The van der Waals surface area contributed by atoms with Gasteiger partial charge in [0.2, 0.25) is 0 Å². The highest BCUT2D eigenvalue weighted by Crippen LogP contribution is 2.67. The van der Waals surface area contributed by atoms with E-state index in [1.807, 2.05) is 0 Å². The molecule has 0 aliphatic heterocycles. The molecule has 4 aliphatic carbocycles. The predicted octanol–water partition coefficient (Wildman–Crippen LogP) is 4.31. The van der Waals surface area contributed by atoms with Gasteiger partial charge in [-0.15, -0.1) is 0 Å². The smallest absolute Gasteiger partial charge is 0.0596 e. The summed E-state index contributed by atoms with van der Waals surface area (Å²) in [6.07, 6.45) is 11.3. The minimum Gasteiger partial charge on any atom is -0.393 e. The molecule has 23 heavy (non-hydrogen) atoms. The summed E-state index contributed by atoms with van der Waals surface area (Å²) >= 11 is 0. The molecule has 0 unspecified atom stereocenters. The molecule has 0 bridgehead atoms. The lowest BCUT2D eigenvalue weighted by Crippen LogP contribution is -2.58. The van der Waals surface area contributed by atoms with Crippen molar-refractivity contribution < 1.29 is 10.2 Å². The quantitative estimate of drug-likeness (QED) is 0.654. The van der Waals surface area contributed by atoms with E-state index in [-0.39, 0.29) is 23.0 Å². The number of hydrogen-bond donors (Lipinski definition) is 2. The van der Waals surface area contributed by atoms with Gasteiger partial charge in [-0.25, -0.2) is 0 Å². The van der Waals surface area contributed by atoms with Crippen LogP contribution < -0.4 is 0 Å². The summed E-state index contributed by atoms with van der Waals surface area (Å²) in [4.78, 5) is 0. The monoisotopic (exact) mass is 318 g/mol. The molecule has 0 radical (unpaired) electrons. The maximum Gasteiger partial charge on any atom is 0.0596 e. The number of aliphatic hydroxyl groups is 2. The van der Waals surface area contributed by atoms with E-state index in [1.165, 1.54) is 32.1 Å². The molecule has 0 heterocycles. The first-order valence-corrected chi connectivity index (χ1v) is 9.94. The van der Waals surface area contributed by atoms with Gasteiger partial charge in [-0.05, 0) is 92.8 Å². The summed E-state index contributed by atoms with van der Waals surface area (Å²) in [5.74, 6) is 2.39. The van der Waals surface area contributed by atoms with Crippen molar-refractivity contribution in [3.05, 3.63) is 11.6 Å². The number of hydrogen-bond acceptors (Lipinski definition) is 2. The Bertz CT molecular complexity index is 512. The van der Waals surface area contributed by atoms with E-state index in [4.69, 9.17) is 0 Å². The van der Waals surface area contributed by atoms with Crippen LogP contribution in [0.25, 0.3) is 0 Å². The molecule has 2 N–H and O–H groups in total. The Morgan fingerprint density at radius 3 is 2.52 bits per heavy atom. The normalized spacial score (nSPS) is 57.7. The van der Waals surface area contributed by atoms with Crippen molar-refractivity contribution in [3.63, 3.8) is 0 Å². The molecular weight excluding hydrogens is 284 g/mol. The van der Waals surface area contributed by atoms with Crippen molar-refractivity contribution in [2.45, 2.75) is 84.3 Å². The number of rotatable bonds is 0. The first kappa shape index (κ1) is 16.1. The van der Waals surface area contributed by atoms with Crippen molar-refractivity contribution in [2.75, 3.05) is 0 Å². The zero-order valence-corrected chi connectivity index (χ0v) is 15.1. The SMILES string of the molecule is C/C=C1/CCC[C@@H]2[C@@H](O)C[C@H]3[C@@H]4CC[C@H](O)[C@@]4(C)CC[C@@H]3[C@@]12C. The second-order valence-electron chi connectivity index (χ2n) is 9.41. The van der Waals surface area contributed by atoms with Crippen LogP contribution in [0.2, 0.25) is 0 Å². The molecule has 130 valence electrons. The maximum atomic E-state index is 11.0. The molecule has 8 atom stereocenters. The average molecular weight is 319 g/mol. The number of fused-ring (bicyclic) bond motifs is 5. The molecule has 4 aliphatic rings. The van der Waals surface area contributed by atoms with E-state index in [9.17, 15) is 10.2 Å². The van der Waals surface area contributed by atoms with Gasteiger partial charge in [-0.1, -0.05) is 25.5 Å². The number of allylic oxidation sites excluding steroid dienone is 2. The zero-order valence-electron chi connectivity index (χ0n) is 15.1. The highest BCUT2D eigenvalue weighted by Gasteiger charge is 2.62. The van der Waals surface area contributed by atoms with Crippen LogP contribution in [0.1, 0.15) is 72.1 Å². The lowest BCUT2D eigenvalue weighted by molar-refractivity contribution is -0.144. The lowest BCUT2D eigenvalue weighted by atomic mass is 9.43. The topological polar surface area (TPSA) is 40.5 Å². The van der Waals surface area contributed by atoms with Crippen molar-refractivity contribution >= 4 is 0 Å². The van der Waals surface area contributed by atoms with Crippen molar-refractivity contribution in [2.24, 2.45) is 34.5 Å². The fraction of sp³-hybridized carbons (Fsp3) is 0.905. The van der Waals surface area contributed by atoms with Gasteiger partial charge in [-0.2, -0.15) is 0 Å². The van der Waals surface area contributed by atoms with Gasteiger partial charge in [0, 0.05) is 0 Å². The summed E-state index contributed by atoms with van der Waals surface area (Å²) in [7, 11) is 0. The largest absolute Gasteiger partial charge is 0.393 e. The summed E-state index contributed by atoms with van der Waals surface area (Å²) in [5.41, 5.74) is 1.92. The van der Waals surface area contributed by atoms with E-state index >= 15 is 0 Å². The molecule has 2 nitrogen and oxygen atoms in total. The minimum absolute atomic E-state index is 0.106. The molecule has 0 aromatic heterocycles. The van der Waals surface area contributed by atoms with Gasteiger partial charge in [0.15, 0.2) is 0 Å². The highest BCUT2D eigenvalue weighted by molar-refractivity contribution is 5.24. The van der Waals surface area contributed by atoms with Crippen molar-refractivity contribution in [1.29, 1.82) is 0 Å². The lowest BCUT2D eigenvalue weighted by Gasteiger charge is -2.62. The molecule has 0 aromatic rings. The number of aliphatic hydroxyl groups excluding tert-OH is 2. The molecular formula is C21H34O2. The Hall–Kier alpha value is -0.340. The van der Waals surface area contributed by atoms with Crippen LogP contribution in [0.3, 0.4) is 0 Å². The fourth-order valence-electron chi connectivity index (χ4n) is 7.66. The van der Waals surface area contributed by atoms with Gasteiger partial charge >= 0.3 is 0 Å². The van der Waals surface area contributed by atoms with E-state index in [2.05, 4.69) is 26.8 Å². The van der Waals surface area contributed by atoms with Gasteiger partial charge in [-0.3, -0.25) is 0 Å². The van der Waals surface area contributed by atoms with Crippen LogP contribution in [0, 0.1) is 34.5 Å². The Labute approximate surface area is 141 Å². The summed E-state index contributed by atoms with van der Waals surface area (Å²) < 4.78 is 0. The molecule has 4 fully saturated rings. The minimum atomic E-state index is -0.142. The summed E-state index contributed by atoms with van der Waals surface area (Å²) in [6.45, 7) is 7.00. The maximum absolute atomic E-state index is 11.0.